The molecule has 0 fully saturated rings. The molecule has 3 N–H and O–H groups in total. The Morgan fingerprint density at radius 1 is 1.38 bits per heavy atom. The summed E-state index contributed by atoms with van der Waals surface area (Å²) in [4.78, 5) is 4.49. The van der Waals surface area contributed by atoms with Crippen LogP contribution in [0.3, 0.4) is 0 Å². The summed E-state index contributed by atoms with van der Waals surface area (Å²) in [6.45, 7) is 7.60. The van der Waals surface area contributed by atoms with Crippen molar-refractivity contribution in [2.24, 2.45) is 4.99 Å². The van der Waals surface area contributed by atoms with Crippen LogP contribution in [0.25, 0.3) is 0 Å². The summed E-state index contributed by atoms with van der Waals surface area (Å²) in [6.07, 6.45) is 0.664. The first kappa shape index (κ1) is 19.8. The number of phenols is 1. The quantitative estimate of drug-likeness (QED) is 0.385. The van der Waals surface area contributed by atoms with Gasteiger partial charge in [0.25, 0.3) is 0 Å². The summed E-state index contributed by atoms with van der Waals surface area (Å²) in [7, 11) is 1.55. The topological polar surface area (TPSA) is 65.9 Å². The van der Waals surface area contributed by atoms with Crippen LogP contribution in [-0.4, -0.2) is 37.3 Å². The number of guanidine groups is 1. The molecule has 0 spiro atoms. The molecule has 0 atom stereocenters. The number of aromatic hydroxyl groups is 1. The van der Waals surface area contributed by atoms with Crippen LogP contribution in [-0.2, 0) is 6.42 Å². The van der Waals surface area contributed by atoms with Crippen molar-refractivity contribution >= 4 is 29.9 Å². The second kappa shape index (κ2) is 10.5. The third-order valence-electron chi connectivity index (χ3n) is 2.72. The first-order valence-electron chi connectivity index (χ1n) is 6.98. The number of aliphatic imine (C=N–C) groups is 1. The lowest BCUT2D eigenvalue weighted by Gasteiger charge is -2.14. The first-order valence-corrected chi connectivity index (χ1v) is 6.98. The van der Waals surface area contributed by atoms with E-state index in [1.54, 1.807) is 13.2 Å². The minimum atomic E-state index is 0. The molecule has 0 radical (unpaired) electrons. The summed E-state index contributed by atoms with van der Waals surface area (Å²) >= 11 is 0. The molecule has 0 aliphatic heterocycles. The number of ether oxygens (including phenoxy) is 1. The van der Waals surface area contributed by atoms with Gasteiger partial charge in [0.05, 0.1) is 7.11 Å². The number of methoxy groups -OCH3 is 1. The van der Waals surface area contributed by atoms with Crippen LogP contribution < -0.4 is 15.4 Å². The molecule has 0 saturated heterocycles. The molecule has 0 aliphatic carbocycles. The molecule has 0 bridgehead atoms. The largest absolute Gasteiger partial charge is 0.504 e. The SMILES string of the molecule is CCNC(=NCCc1cccc(OC)c1O)NC(C)C.I. The lowest BCUT2D eigenvalue weighted by molar-refractivity contribution is 0.370. The van der Waals surface area contributed by atoms with Crippen molar-refractivity contribution in [3.63, 3.8) is 0 Å². The fourth-order valence-corrected chi connectivity index (χ4v) is 1.82. The normalized spacial score (nSPS) is 11.0. The Kier molecular flexibility index (Phi) is 9.94. The average Bonchev–Trinajstić information content (AvgIpc) is 2.40. The molecule has 1 rings (SSSR count). The third-order valence-corrected chi connectivity index (χ3v) is 2.72. The van der Waals surface area contributed by atoms with E-state index < -0.39 is 0 Å². The van der Waals surface area contributed by atoms with Crippen LogP contribution >= 0.6 is 24.0 Å². The van der Waals surface area contributed by atoms with Crippen LogP contribution in [0.2, 0.25) is 0 Å². The molecule has 0 heterocycles. The number of halogens is 1. The van der Waals surface area contributed by atoms with Crippen LogP contribution in [0.1, 0.15) is 26.3 Å². The zero-order chi connectivity index (χ0) is 15.0. The smallest absolute Gasteiger partial charge is 0.191 e. The second-order valence-electron chi connectivity index (χ2n) is 4.78. The van der Waals surface area contributed by atoms with Crippen molar-refractivity contribution in [2.45, 2.75) is 33.2 Å². The standard InChI is InChI=1S/C15H25N3O2.HI/c1-5-16-15(18-11(2)3)17-10-9-12-7-6-8-13(20-4)14(12)19;/h6-8,11,19H,5,9-10H2,1-4H3,(H2,16,17,18);1H. The molecule has 120 valence electrons. The van der Waals surface area contributed by atoms with Gasteiger partial charge in [-0.15, -0.1) is 24.0 Å². The Labute approximate surface area is 144 Å². The molecular formula is C15H26IN3O2. The molecule has 6 heteroatoms. The average molecular weight is 407 g/mol. The van der Waals surface area contributed by atoms with Gasteiger partial charge in [-0.05, 0) is 38.8 Å². The molecule has 5 nitrogen and oxygen atoms in total. The van der Waals surface area contributed by atoms with E-state index in [2.05, 4.69) is 29.5 Å². The number of hydrogen-bond acceptors (Lipinski definition) is 3. The highest BCUT2D eigenvalue weighted by molar-refractivity contribution is 14.0. The van der Waals surface area contributed by atoms with Gasteiger partial charge in [0.1, 0.15) is 0 Å². The fraction of sp³-hybridized carbons (Fsp3) is 0.533. The van der Waals surface area contributed by atoms with Crippen molar-refractivity contribution in [3.05, 3.63) is 23.8 Å². The summed E-state index contributed by atoms with van der Waals surface area (Å²) < 4.78 is 5.09. The van der Waals surface area contributed by atoms with E-state index in [0.29, 0.717) is 24.8 Å². The highest BCUT2D eigenvalue weighted by Gasteiger charge is 2.06. The number of nitrogens with one attached hydrogen (secondary N) is 2. The van der Waals surface area contributed by atoms with Gasteiger partial charge < -0.3 is 20.5 Å². The summed E-state index contributed by atoms with van der Waals surface area (Å²) in [6, 6.07) is 5.83. The molecule has 1 aromatic carbocycles. The number of phenolic OH excluding ortho intramolecular Hbond substituents is 1. The zero-order valence-corrected chi connectivity index (χ0v) is 15.5. The molecule has 0 aromatic heterocycles. The summed E-state index contributed by atoms with van der Waals surface area (Å²) in [5.41, 5.74) is 0.841. The van der Waals surface area contributed by atoms with Crippen LogP contribution in [0, 0.1) is 0 Å². The van der Waals surface area contributed by atoms with E-state index in [-0.39, 0.29) is 29.7 Å². The monoisotopic (exact) mass is 407 g/mol. The Morgan fingerprint density at radius 3 is 2.67 bits per heavy atom. The highest BCUT2D eigenvalue weighted by atomic mass is 127. The van der Waals surface area contributed by atoms with Gasteiger partial charge in [-0.1, -0.05) is 12.1 Å². The molecule has 0 aliphatic rings. The molecule has 1 aromatic rings. The van der Waals surface area contributed by atoms with Crippen molar-refractivity contribution < 1.29 is 9.84 Å². The Morgan fingerprint density at radius 2 is 2.10 bits per heavy atom. The highest BCUT2D eigenvalue weighted by Crippen LogP contribution is 2.29. The predicted molar refractivity (Wildman–Crippen MR) is 98.0 cm³/mol. The lowest BCUT2D eigenvalue weighted by atomic mass is 10.1. The van der Waals surface area contributed by atoms with E-state index in [9.17, 15) is 5.11 Å². The summed E-state index contributed by atoms with van der Waals surface area (Å²) in [5.74, 6) is 1.50. The van der Waals surface area contributed by atoms with E-state index in [1.807, 2.05) is 19.1 Å². The first-order chi connectivity index (χ1) is 9.58. The van der Waals surface area contributed by atoms with E-state index in [0.717, 1.165) is 18.1 Å². The van der Waals surface area contributed by atoms with Crippen molar-refractivity contribution in [3.8, 4) is 11.5 Å². The third kappa shape index (κ3) is 6.88. The zero-order valence-electron chi connectivity index (χ0n) is 13.1. The van der Waals surface area contributed by atoms with Gasteiger partial charge in [-0.2, -0.15) is 0 Å². The van der Waals surface area contributed by atoms with Gasteiger partial charge in [0.15, 0.2) is 17.5 Å². The molecule has 0 saturated carbocycles. The van der Waals surface area contributed by atoms with Crippen molar-refractivity contribution in [1.82, 2.24) is 10.6 Å². The lowest BCUT2D eigenvalue weighted by Crippen LogP contribution is -2.41. The maximum Gasteiger partial charge on any atom is 0.191 e. The molecule has 21 heavy (non-hydrogen) atoms. The Balaban J connectivity index is 0.00000400. The van der Waals surface area contributed by atoms with Gasteiger partial charge in [-0.25, -0.2) is 0 Å². The number of hydrogen-bond donors (Lipinski definition) is 3. The number of benzene rings is 1. The second-order valence-corrected chi connectivity index (χ2v) is 4.78. The molecule has 0 amide bonds. The number of para-hydroxylation sites is 1. The van der Waals surface area contributed by atoms with Crippen LogP contribution in [0.15, 0.2) is 23.2 Å². The van der Waals surface area contributed by atoms with Crippen molar-refractivity contribution in [2.75, 3.05) is 20.2 Å². The van der Waals surface area contributed by atoms with Gasteiger partial charge in [-0.3, -0.25) is 4.99 Å². The fourth-order valence-electron chi connectivity index (χ4n) is 1.82. The van der Waals surface area contributed by atoms with Crippen LogP contribution in [0.4, 0.5) is 0 Å². The van der Waals surface area contributed by atoms with Gasteiger partial charge in [0, 0.05) is 19.1 Å². The summed E-state index contributed by atoms with van der Waals surface area (Å²) in [5, 5.41) is 16.4. The minimum Gasteiger partial charge on any atom is -0.504 e. The number of nitrogens with zero attached hydrogens (tertiary/aromatic N) is 1. The number of rotatable bonds is 6. The minimum absolute atomic E-state index is 0. The molecular weight excluding hydrogens is 381 g/mol. The van der Waals surface area contributed by atoms with E-state index in [4.69, 9.17) is 4.74 Å². The molecule has 0 unspecified atom stereocenters. The Bertz CT molecular complexity index is 451. The van der Waals surface area contributed by atoms with Crippen molar-refractivity contribution in [1.29, 1.82) is 0 Å². The van der Waals surface area contributed by atoms with Gasteiger partial charge >= 0.3 is 0 Å². The van der Waals surface area contributed by atoms with Gasteiger partial charge in [0.2, 0.25) is 0 Å². The maximum absolute atomic E-state index is 10.00. The predicted octanol–water partition coefficient (Wildman–Crippen LogP) is 2.52. The Hall–Kier alpha value is -1.18. The van der Waals surface area contributed by atoms with Crippen LogP contribution in [0.5, 0.6) is 11.5 Å². The van der Waals surface area contributed by atoms with E-state index >= 15 is 0 Å². The maximum atomic E-state index is 10.00. The van der Waals surface area contributed by atoms with E-state index in [1.165, 1.54) is 0 Å².